The molecule has 1 aliphatic carbocycles. The number of nitrogens with one attached hydrogen (secondary N) is 2. The highest BCUT2D eigenvalue weighted by molar-refractivity contribution is 5.81. The van der Waals surface area contributed by atoms with Crippen LogP contribution in [0.5, 0.6) is 0 Å². The second-order valence-corrected chi connectivity index (χ2v) is 4.52. The molecule has 6 nitrogen and oxygen atoms in total. The van der Waals surface area contributed by atoms with Crippen molar-refractivity contribution in [2.24, 2.45) is 0 Å². The molecule has 2 N–H and O–H groups in total. The van der Waals surface area contributed by atoms with E-state index in [-0.39, 0.29) is 24.2 Å². The minimum atomic E-state index is -2.86. The first-order valence-corrected chi connectivity index (χ1v) is 6.07. The van der Waals surface area contributed by atoms with Crippen LogP contribution in [0.15, 0.2) is 18.2 Å². The highest BCUT2D eigenvalue weighted by Gasteiger charge is 2.23. The fourth-order valence-corrected chi connectivity index (χ4v) is 1.69. The third kappa shape index (κ3) is 3.62. The molecule has 0 unspecified atom stereocenters. The summed E-state index contributed by atoms with van der Waals surface area (Å²) in [5, 5.41) is 15.8. The van der Waals surface area contributed by atoms with Crippen LogP contribution in [0.2, 0.25) is 0 Å². The first-order valence-electron chi connectivity index (χ1n) is 6.07. The van der Waals surface area contributed by atoms with E-state index in [9.17, 15) is 23.7 Å². The van der Waals surface area contributed by atoms with E-state index in [1.165, 1.54) is 6.07 Å². The topological polar surface area (TPSA) is 84.3 Å². The summed E-state index contributed by atoms with van der Waals surface area (Å²) < 4.78 is 25.7. The van der Waals surface area contributed by atoms with E-state index in [2.05, 4.69) is 10.6 Å². The third-order valence-electron chi connectivity index (χ3n) is 2.86. The summed E-state index contributed by atoms with van der Waals surface area (Å²) in [5.41, 5.74) is -0.872. The predicted octanol–water partition coefficient (Wildman–Crippen LogP) is 2.22. The number of amides is 1. The number of nitrogens with zero attached hydrogens (tertiary/aromatic N) is 1. The van der Waals surface area contributed by atoms with Gasteiger partial charge in [0.15, 0.2) is 0 Å². The number of benzene rings is 1. The Bertz CT molecular complexity index is 533. The van der Waals surface area contributed by atoms with Crippen molar-refractivity contribution in [2.45, 2.75) is 25.3 Å². The lowest BCUT2D eigenvalue weighted by molar-refractivity contribution is -0.385. The van der Waals surface area contributed by atoms with Gasteiger partial charge in [-0.15, -0.1) is 0 Å². The van der Waals surface area contributed by atoms with Gasteiger partial charge < -0.3 is 10.6 Å². The number of halogens is 2. The number of hydrogen-bond acceptors (Lipinski definition) is 4. The largest absolute Gasteiger partial charge is 0.376 e. The Kier molecular flexibility index (Phi) is 4.11. The number of rotatable bonds is 6. The molecule has 20 heavy (non-hydrogen) atoms. The van der Waals surface area contributed by atoms with Gasteiger partial charge in [0, 0.05) is 29.4 Å². The summed E-state index contributed by atoms with van der Waals surface area (Å²) >= 11 is 0. The van der Waals surface area contributed by atoms with Gasteiger partial charge in [0.25, 0.3) is 12.1 Å². The average Bonchev–Trinajstić information content (AvgIpc) is 3.19. The molecule has 1 saturated carbocycles. The van der Waals surface area contributed by atoms with Crippen molar-refractivity contribution in [3.8, 4) is 0 Å². The zero-order valence-corrected chi connectivity index (χ0v) is 10.4. The summed E-state index contributed by atoms with van der Waals surface area (Å²) in [4.78, 5) is 21.3. The molecule has 8 heteroatoms. The zero-order chi connectivity index (χ0) is 14.7. The van der Waals surface area contributed by atoms with Crippen LogP contribution >= 0.6 is 0 Å². The molecule has 108 valence electrons. The maximum absolute atomic E-state index is 12.9. The Labute approximate surface area is 113 Å². The normalized spacial score (nSPS) is 14.2. The zero-order valence-electron chi connectivity index (χ0n) is 10.4. The van der Waals surface area contributed by atoms with Crippen molar-refractivity contribution in [1.29, 1.82) is 0 Å². The monoisotopic (exact) mass is 285 g/mol. The van der Waals surface area contributed by atoms with Gasteiger partial charge in [-0.05, 0) is 18.9 Å². The molecule has 0 aliphatic heterocycles. The number of alkyl halides is 2. The summed E-state index contributed by atoms with van der Waals surface area (Å²) in [6.07, 6.45) is -0.985. The van der Waals surface area contributed by atoms with Crippen molar-refractivity contribution in [2.75, 3.05) is 11.9 Å². The van der Waals surface area contributed by atoms with E-state index in [1.54, 1.807) is 0 Å². The molecule has 0 spiro atoms. The molecule has 1 aliphatic rings. The van der Waals surface area contributed by atoms with Gasteiger partial charge in [-0.1, -0.05) is 0 Å². The van der Waals surface area contributed by atoms with E-state index in [1.807, 2.05) is 0 Å². The molecule has 0 bridgehead atoms. The Morgan fingerprint density at radius 2 is 2.15 bits per heavy atom. The number of nitro groups is 1. The van der Waals surface area contributed by atoms with Crippen LogP contribution in [0, 0.1) is 10.1 Å². The minimum Gasteiger partial charge on any atom is -0.376 e. The van der Waals surface area contributed by atoms with Crippen LogP contribution in [0.25, 0.3) is 0 Å². The maximum atomic E-state index is 12.9. The molecule has 1 aromatic rings. The summed E-state index contributed by atoms with van der Waals surface area (Å²) in [6.45, 7) is -0.145. The van der Waals surface area contributed by atoms with E-state index in [4.69, 9.17) is 0 Å². The lowest BCUT2D eigenvalue weighted by Crippen LogP contribution is -2.31. The van der Waals surface area contributed by atoms with Crippen LogP contribution < -0.4 is 10.6 Å². The van der Waals surface area contributed by atoms with Crippen molar-refractivity contribution in [1.82, 2.24) is 5.32 Å². The van der Waals surface area contributed by atoms with Gasteiger partial charge in [0.2, 0.25) is 5.91 Å². The molecule has 1 aromatic carbocycles. The predicted molar refractivity (Wildman–Crippen MR) is 67.7 cm³/mol. The fourth-order valence-electron chi connectivity index (χ4n) is 1.69. The SMILES string of the molecule is O=C(CNc1ccc([N+](=O)[O-])cc1C(F)F)NC1CC1. The van der Waals surface area contributed by atoms with Gasteiger partial charge in [-0.2, -0.15) is 0 Å². The lowest BCUT2D eigenvalue weighted by Gasteiger charge is -2.11. The smallest absolute Gasteiger partial charge is 0.270 e. The molecule has 1 fully saturated rings. The second-order valence-electron chi connectivity index (χ2n) is 4.52. The Balaban J connectivity index is 2.05. The Morgan fingerprint density at radius 3 is 2.70 bits per heavy atom. The molecular weight excluding hydrogens is 272 g/mol. The summed E-state index contributed by atoms with van der Waals surface area (Å²) in [6, 6.07) is 3.30. The van der Waals surface area contributed by atoms with E-state index < -0.39 is 22.6 Å². The number of nitro benzene ring substituents is 1. The van der Waals surface area contributed by atoms with E-state index in [0.717, 1.165) is 25.0 Å². The molecule has 0 heterocycles. The van der Waals surface area contributed by atoms with Gasteiger partial charge in [-0.25, -0.2) is 8.78 Å². The van der Waals surface area contributed by atoms with Crippen molar-refractivity contribution < 1.29 is 18.5 Å². The Hall–Kier alpha value is -2.25. The quantitative estimate of drug-likeness (QED) is 0.620. The first-order chi connectivity index (χ1) is 9.47. The summed E-state index contributed by atoms with van der Waals surface area (Å²) in [5.74, 6) is -0.286. The van der Waals surface area contributed by atoms with Crippen LogP contribution in [0.3, 0.4) is 0 Å². The molecule has 0 radical (unpaired) electrons. The van der Waals surface area contributed by atoms with Crippen molar-refractivity contribution in [3.63, 3.8) is 0 Å². The van der Waals surface area contributed by atoms with Gasteiger partial charge in [0.05, 0.1) is 11.5 Å². The number of hydrogen-bond donors (Lipinski definition) is 2. The van der Waals surface area contributed by atoms with Gasteiger partial charge in [-0.3, -0.25) is 14.9 Å². The second kappa shape index (κ2) is 5.81. The van der Waals surface area contributed by atoms with E-state index in [0.29, 0.717) is 0 Å². The molecule has 2 rings (SSSR count). The van der Waals surface area contributed by atoms with E-state index >= 15 is 0 Å². The number of non-ortho nitro benzene ring substituents is 1. The van der Waals surface area contributed by atoms with Crippen molar-refractivity contribution in [3.05, 3.63) is 33.9 Å². The number of anilines is 1. The molecule has 0 saturated heterocycles. The molecular formula is C12H13F2N3O3. The average molecular weight is 285 g/mol. The van der Waals surface area contributed by atoms with Crippen LogP contribution in [-0.4, -0.2) is 23.4 Å². The van der Waals surface area contributed by atoms with Crippen LogP contribution in [0.1, 0.15) is 24.8 Å². The van der Waals surface area contributed by atoms with Crippen LogP contribution in [0.4, 0.5) is 20.2 Å². The summed E-state index contributed by atoms with van der Waals surface area (Å²) in [7, 11) is 0. The molecule has 0 atom stereocenters. The van der Waals surface area contributed by atoms with Crippen LogP contribution in [-0.2, 0) is 4.79 Å². The first kappa shape index (κ1) is 14.2. The minimum absolute atomic E-state index is 0.0246. The molecule has 0 aromatic heterocycles. The highest BCUT2D eigenvalue weighted by atomic mass is 19.3. The molecule has 1 amide bonds. The third-order valence-corrected chi connectivity index (χ3v) is 2.86. The number of carbonyl (C=O) groups is 1. The Morgan fingerprint density at radius 1 is 1.45 bits per heavy atom. The fraction of sp³-hybridized carbons (Fsp3) is 0.417. The van der Waals surface area contributed by atoms with Crippen molar-refractivity contribution >= 4 is 17.3 Å². The van der Waals surface area contributed by atoms with Gasteiger partial charge in [0.1, 0.15) is 0 Å². The number of carbonyl (C=O) groups excluding carboxylic acids is 1. The van der Waals surface area contributed by atoms with Gasteiger partial charge >= 0.3 is 0 Å². The highest BCUT2D eigenvalue weighted by Crippen LogP contribution is 2.30. The maximum Gasteiger partial charge on any atom is 0.270 e. The lowest BCUT2D eigenvalue weighted by atomic mass is 10.1. The standard InChI is InChI=1S/C12H13F2N3O3/c13-12(14)9-5-8(17(19)20)3-4-10(9)15-6-11(18)16-7-1-2-7/h3-5,7,12,15H,1-2,6H2,(H,16,18).